The molecule has 0 radical (unpaired) electrons. The average Bonchev–Trinajstić information content (AvgIpc) is 3.39. The second-order valence-electron chi connectivity index (χ2n) is 12.0. The molecule has 4 aromatic rings. The van der Waals surface area contributed by atoms with Gasteiger partial charge in [0.2, 0.25) is 11.9 Å². The molecule has 2 aromatic heterocycles. The molecule has 1 unspecified atom stereocenters. The minimum atomic E-state index is -0.741. The van der Waals surface area contributed by atoms with Gasteiger partial charge in [0.1, 0.15) is 5.82 Å². The number of halogens is 1. The van der Waals surface area contributed by atoms with Crippen molar-refractivity contribution < 1.29 is 13.9 Å². The Bertz CT molecular complexity index is 1610. The molecule has 0 saturated carbocycles. The first-order chi connectivity index (χ1) is 21.3. The Morgan fingerprint density at radius 2 is 1.80 bits per heavy atom. The van der Waals surface area contributed by atoms with Crippen molar-refractivity contribution in [1.82, 2.24) is 19.1 Å². The Morgan fingerprint density at radius 1 is 1.07 bits per heavy atom. The number of piperidine rings is 1. The first-order valence-electron chi connectivity index (χ1n) is 15.7. The van der Waals surface area contributed by atoms with Gasteiger partial charge in [-0.05, 0) is 49.1 Å². The summed E-state index contributed by atoms with van der Waals surface area (Å²) in [4.78, 5) is 39.9. The van der Waals surface area contributed by atoms with E-state index in [9.17, 15) is 14.0 Å². The lowest BCUT2D eigenvalue weighted by Gasteiger charge is -2.39. The summed E-state index contributed by atoms with van der Waals surface area (Å²) in [5.74, 6) is 0.730. The smallest absolute Gasteiger partial charge is 0.307 e. The summed E-state index contributed by atoms with van der Waals surface area (Å²) in [6.07, 6.45) is 5.51. The number of unbranched alkanes of at least 4 members (excludes halogenated alkanes) is 2. The number of imidazole rings is 1. The van der Waals surface area contributed by atoms with Gasteiger partial charge in [-0.3, -0.25) is 9.59 Å². The third kappa shape index (κ3) is 6.95. The van der Waals surface area contributed by atoms with Gasteiger partial charge in [-0.2, -0.15) is 0 Å². The van der Waals surface area contributed by atoms with Crippen LogP contribution in [0, 0.1) is 11.7 Å². The lowest BCUT2D eigenvalue weighted by atomic mass is 10.0. The minimum Gasteiger partial charge on any atom is -0.441 e. The second-order valence-corrected chi connectivity index (χ2v) is 12.0. The molecular weight excluding hydrogens is 559 g/mol. The summed E-state index contributed by atoms with van der Waals surface area (Å²) < 4.78 is 23.2. The average molecular weight is 603 g/mol. The van der Waals surface area contributed by atoms with E-state index in [1.807, 2.05) is 51.2 Å². The zero-order valence-electron chi connectivity index (χ0n) is 26.2. The number of aromatic nitrogens is 4. The topological polar surface area (TPSA) is 85.5 Å². The highest BCUT2D eigenvalue weighted by atomic mass is 19.1. The first kappa shape index (κ1) is 31.2. The molecule has 3 heterocycles. The first-order valence-corrected chi connectivity index (χ1v) is 15.7. The van der Waals surface area contributed by atoms with E-state index in [-0.39, 0.29) is 29.3 Å². The van der Waals surface area contributed by atoms with Crippen LogP contribution in [0.2, 0.25) is 0 Å². The number of carbonyl (C=O) groups is 1. The second kappa shape index (κ2) is 14.1. The number of fused-ring (bicyclic) bond motifs is 1. The zero-order valence-corrected chi connectivity index (χ0v) is 26.2. The number of esters is 1. The van der Waals surface area contributed by atoms with E-state index in [4.69, 9.17) is 9.72 Å². The van der Waals surface area contributed by atoms with Crippen molar-refractivity contribution in [3.8, 4) is 0 Å². The van der Waals surface area contributed by atoms with Gasteiger partial charge in [-0.25, -0.2) is 18.9 Å². The van der Waals surface area contributed by atoms with Crippen molar-refractivity contribution in [1.29, 1.82) is 0 Å². The normalized spacial score (nSPS) is 14.7. The van der Waals surface area contributed by atoms with Gasteiger partial charge in [-0.1, -0.05) is 57.9 Å². The van der Waals surface area contributed by atoms with Gasteiger partial charge in [0.15, 0.2) is 6.23 Å². The van der Waals surface area contributed by atoms with Crippen LogP contribution in [0.4, 0.5) is 16.3 Å². The van der Waals surface area contributed by atoms with Crippen LogP contribution in [0.3, 0.4) is 0 Å². The number of nitrogens with zero attached hydrogens (tertiary/aromatic N) is 6. The van der Waals surface area contributed by atoms with Gasteiger partial charge >= 0.3 is 5.97 Å². The Labute approximate surface area is 258 Å². The van der Waals surface area contributed by atoms with Crippen LogP contribution in [0.1, 0.15) is 71.1 Å². The van der Waals surface area contributed by atoms with E-state index in [1.165, 1.54) is 29.0 Å². The lowest BCUT2D eigenvalue weighted by molar-refractivity contribution is -0.157. The van der Waals surface area contributed by atoms with Crippen molar-refractivity contribution in [3.05, 3.63) is 82.5 Å². The SMILES string of the molecule is CCCCCC(=O)OC(C(C)C)n1c(N(C)C2CCN(c3nc4ccccc4n3Cc3ccc(F)cc3)CC2)nccc1=O. The van der Waals surface area contributed by atoms with E-state index in [0.717, 1.165) is 67.7 Å². The fourth-order valence-corrected chi connectivity index (χ4v) is 5.96. The molecule has 0 bridgehead atoms. The maximum atomic E-state index is 13.6. The molecule has 0 amide bonds. The fourth-order valence-electron chi connectivity index (χ4n) is 5.96. The number of benzene rings is 2. The number of anilines is 2. The van der Waals surface area contributed by atoms with Gasteiger partial charge < -0.3 is 19.1 Å². The third-order valence-electron chi connectivity index (χ3n) is 8.42. The number of hydrogen-bond acceptors (Lipinski definition) is 7. The van der Waals surface area contributed by atoms with Crippen molar-refractivity contribution in [2.75, 3.05) is 29.9 Å². The zero-order chi connectivity index (χ0) is 31.2. The Morgan fingerprint density at radius 3 is 2.50 bits per heavy atom. The quantitative estimate of drug-likeness (QED) is 0.142. The van der Waals surface area contributed by atoms with Gasteiger partial charge in [0.25, 0.3) is 5.56 Å². The van der Waals surface area contributed by atoms with Crippen LogP contribution in [-0.4, -0.2) is 51.3 Å². The largest absolute Gasteiger partial charge is 0.441 e. The van der Waals surface area contributed by atoms with Crippen molar-refractivity contribution >= 4 is 28.9 Å². The number of ether oxygens (including phenoxy) is 1. The molecule has 9 nitrogen and oxygen atoms in total. The fraction of sp³-hybridized carbons (Fsp3) is 0.471. The molecular formula is C34H43FN6O3. The highest BCUT2D eigenvalue weighted by molar-refractivity contribution is 5.79. The van der Waals surface area contributed by atoms with E-state index in [1.54, 1.807) is 0 Å². The highest BCUT2D eigenvalue weighted by Crippen LogP contribution is 2.30. The molecule has 5 rings (SSSR count). The van der Waals surface area contributed by atoms with Crippen LogP contribution in [0.25, 0.3) is 11.0 Å². The van der Waals surface area contributed by atoms with Crippen LogP contribution in [0.5, 0.6) is 0 Å². The van der Waals surface area contributed by atoms with E-state index in [0.29, 0.717) is 18.9 Å². The number of rotatable bonds is 12. The van der Waals surface area contributed by atoms with Crippen molar-refractivity contribution in [2.24, 2.45) is 5.92 Å². The van der Waals surface area contributed by atoms with Gasteiger partial charge in [0.05, 0.1) is 17.6 Å². The molecule has 0 spiro atoms. The number of para-hydroxylation sites is 2. The molecule has 0 N–H and O–H groups in total. The summed E-state index contributed by atoms with van der Waals surface area (Å²) in [6.45, 7) is 8.10. The van der Waals surface area contributed by atoms with Gasteiger partial charge in [0, 0.05) is 50.8 Å². The van der Waals surface area contributed by atoms with Gasteiger partial charge in [-0.15, -0.1) is 0 Å². The lowest BCUT2D eigenvalue weighted by Crippen LogP contribution is -2.46. The van der Waals surface area contributed by atoms with E-state index in [2.05, 4.69) is 32.3 Å². The minimum absolute atomic E-state index is 0.116. The molecule has 44 heavy (non-hydrogen) atoms. The highest BCUT2D eigenvalue weighted by Gasteiger charge is 2.31. The van der Waals surface area contributed by atoms with Crippen LogP contribution < -0.4 is 15.4 Å². The number of carbonyl (C=O) groups excluding carboxylic acids is 1. The summed E-state index contributed by atoms with van der Waals surface area (Å²) in [5, 5.41) is 0. The summed E-state index contributed by atoms with van der Waals surface area (Å²) in [6, 6.07) is 16.2. The molecule has 2 aromatic carbocycles. The van der Waals surface area contributed by atoms with Crippen molar-refractivity contribution in [3.63, 3.8) is 0 Å². The number of hydrogen-bond donors (Lipinski definition) is 0. The molecule has 1 aliphatic heterocycles. The molecule has 1 aliphatic rings. The maximum Gasteiger partial charge on any atom is 0.307 e. The van der Waals surface area contributed by atoms with Crippen LogP contribution in [0.15, 0.2) is 65.6 Å². The molecule has 1 saturated heterocycles. The Kier molecular flexibility index (Phi) is 9.97. The third-order valence-corrected chi connectivity index (χ3v) is 8.42. The predicted molar refractivity (Wildman–Crippen MR) is 171 cm³/mol. The monoisotopic (exact) mass is 602 g/mol. The summed E-state index contributed by atoms with van der Waals surface area (Å²) >= 11 is 0. The van der Waals surface area contributed by atoms with Crippen LogP contribution in [-0.2, 0) is 16.1 Å². The molecule has 1 atom stereocenters. The molecule has 1 fully saturated rings. The van der Waals surface area contributed by atoms with Crippen molar-refractivity contribution in [2.45, 2.75) is 78.1 Å². The predicted octanol–water partition coefficient (Wildman–Crippen LogP) is 6.16. The van der Waals surface area contributed by atoms with E-state index < -0.39 is 6.23 Å². The van der Waals surface area contributed by atoms with E-state index >= 15 is 0 Å². The standard InChI is InChI=1S/C34H43FN6O3/c1-5-6-7-12-31(43)44-32(24(2)3)41-30(42)17-20-36-33(41)38(4)27-18-21-39(22-19-27)34-37-28-10-8-9-11-29(28)40(34)23-25-13-15-26(35)16-14-25/h8-11,13-17,20,24,27,32H,5-7,12,18-19,21-23H2,1-4H3. The molecule has 234 valence electrons. The maximum absolute atomic E-state index is 13.6. The summed E-state index contributed by atoms with van der Waals surface area (Å²) in [5.41, 5.74) is 2.72. The Balaban J connectivity index is 1.34. The Hall–Kier alpha value is -4.21. The summed E-state index contributed by atoms with van der Waals surface area (Å²) in [7, 11) is 1.96. The molecule has 0 aliphatic carbocycles. The van der Waals surface area contributed by atoms with Crippen LogP contribution >= 0.6 is 0 Å². The molecule has 10 heteroatoms.